The summed E-state index contributed by atoms with van der Waals surface area (Å²) < 4.78 is 0. The number of hydrogen-bond donors (Lipinski definition) is 0. The topological polar surface area (TPSA) is 0 Å². The number of rotatable bonds is 0. The maximum Gasteiger partial charge on any atom is -0.0357 e. The molecular formula is C7H12. The largest absolute Gasteiger partial charge is 0.0622 e. The summed E-state index contributed by atoms with van der Waals surface area (Å²) >= 11 is 0. The smallest absolute Gasteiger partial charge is 0.0357 e. The molecule has 7 heavy (non-hydrogen) atoms. The average Bonchev–Trinajstić information content (AvgIpc) is 2.33. The Labute approximate surface area is 44.9 Å². The predicted octanol–water partition coefficient (Wildman–Crippen LogP) is 2.05. The zero-order chi connectivity index (χ0) is 4.85. The van der Waals surface area contributed by atoms with Crippen molar-refractivity contribution in [1.29, 1.82) is 0 Å². The number of fused-ring (bicyclic) bond motifs is 1. The lowest BCUT2D eigenvalue weighted by atomic mass is 10.1. The molecule has 2 aliphatic carbocycles. The molecule has 0 aromatic heterocycles. The van der Waals surface area contributed by atoms with Gasteiger partial charge in [0.05, 0.1) is 0 Å². The standard InChI is InChI=1S/C7H12/c1-5-2-3-6-4-7(5)6/h5-7H,2-4H2,1H3/t5-,6-,7?/m0/s1. The van der Waals surface area contributed by atoms with E-state index in [0.29, 0.717) is 0 Å². The molecule has 40 valence electrons. The summed E-state index contributed by atoms with van der Waals surface area (Å²) in [6, 6.07) is 0. The van der Waals surface area contributed by atoms with Crippen molar-refractivity contribution >= 4 is 0 Å². The van der Waals surface area contributed by atoms with Gasteiger partial charge in [-0.2, -0.15) is 0 Å². The van der Waals surface area contributed by atoms with Crippen molar-refractivity contribution in [3.8, 4) is 0 Å². The second-order valence-electron chi connectivity index (χ2n) is 3.21. The molecular weight excluding hydrogens is 84.1 g/mol. The first-order chi connectivity index (χ1) is 3.38. The molecule has 0 aromatic carbocycles. The van der Waals surface area contributed by atoms with Crippen molar-refractivity contribution in [1.82, 2.24) is 0 Å². The van der Waals surface area contributed by atoms with Gasteiger partial charge in [-0.15, -0.1) is 0 Å². The first-order valence-electron chi connectivity index (χ1n) is 3.38. The lowest BCUT2D eigenvalue weighted by Crippen LogP contribution is -1.88. The molecule has 0 spiro atoms. The fourth-order valence-electron chi connectivity index (χ4n) is 1.99. The van der Waals surface area contributed by atoms with E-state index in [1.165, 1.54) is 18.3 Å². The fraction of sp³-hybridized carbons (Fsp3) is 1.00. The van der Waals surface area contributed by atoms with Crippen molar-refractivity contribution in [2.75, 3.05) is 0 Å². The van der Waals surface area contributed by atoms with E-state index in [0.717, 1.165) is 5.92 Å². The third-order valence-electron chi connectivity index (χ3n) is 2.70. The third kappa shape index (κ3) is 0.427. The van der Waals surface area contributed by atoms with Crippen LogP contribution in [0.1, 0.15) is 26.2 Å². The van der Waals surface area contributed by atoms with Gasteiger partial charge >= 0.3 is 0 Å². The Bertz CT molecular complexity index is 86.0. The first-order valence-corrected chi connectivity index (χ1v) is 3.38. The normalized spacial score (nSPS) is 57.0. The quantitative estimate of drug-likeness (QED) is 0.433. The second-order valence-corrected chi connectivity index (χ2v) is 3.21. The summed E-state index contributed by atoms with van der Waals surface area (Å²) in [6.07, 6.45) is 4.64. The van der Waals surface area contributed by atoms with Crippen LogP contribution >= 0.6 is 0 Å². The molecule has 2 aliphatic rings. The van der Waals surface area contributed by atoms with Gasteiger partial charge in [-0.05, 0) is 30.6 Å². The van der Waals surface area contributed by atoms with Crippen LogP contribution in [0, 0.1) is 17.8 Å². The molecule has 3 atom stereocenters. The van der Waals surface area contributed by atoms with E-state index in [4.69, 9.17) is 0 Å². The summed E-state index contributed by atoms with van der Waals surface area (Å²) in [6.45, 7) is 2.40. The van der Waals surface area contributed by atoms with E-state index in [1.807, 2.05) is 0 Å². The van der Waals surface area contributed by atoms with E-state index in [1.54, 1.807) is 12.8 Å². The van der Waals surface area contributed by atoms with Gasteiger partial charge in [0.1, 0.15) is 0 Å². The van der Waals surface area contributed by atoms with Gasteiger partial charge in [-0.3, -0.25) is 0 Å². The van der Waals surface area contributed by atoms with Crippen molar-refractivity contribution in [2.45, 2.75) is 26.2 Å². The van der Waals surface area contributed by atoms with Crippen LogP contribution in [0.5, 0.6) is 0 Å². The Hall–Kier alpha value is 0. The molecule has 0 heterocycles. The van der Waals surface area contributed by atoms with Crippen LogP contribution in [0.2, 0.25) is 0 Å². The van der Waals surface area contributed by atoms with Gasteiger partial charge in [0.2, 0.25) is 0 Å². The van der Waals surface area contributed by atoms with E-state index in [9.17, 15) is 0 Å². The van der Waals surface area contributed by atoms with Crippen LogP contribution in [0.4, 0.5) is 0 Å². The van der Waals surface area contributed by atoms with Gasteiger partial charge < -0.3 is 0 Å². The summed E-state index contributed by atoms with van der Waals surface area (Å²) in [5.74, 6) is 3.46. The van der Waals surface area contributed by atoms with E-state index in [-0.39, 0.29) is 0 Å². The molecule has 2 rings (SSSR count). The van der Waals surface area contributed by atoms with Gasteiger partial charge in [0.25, 0.3) is 0 Å². The second kappa shape index (κ2) is 1.04. The molecule has 0 aromatic rings. The summed E-state index contributed by atoms with van der Waals surface area (Å²) in [5, 5.41) is 0. The maximum atomic E-state index is 2.40. The lowest BCUT2D eigenvalue weighted by molar-refractivity contribution is 0.530. The van der Waals surface area contributed by atoms with Crippen molar-refractivity contribution in [3.05, 3.63) is 0 Å². The Morgan fingerprint density at radius 3 is 2.29 bits per heavy atom. The van der Waals surface area contributed by atoms with Gasteiger partial charge in [0.15, 0.2) is 0 Å². The van der Waals surface area contributed by atoms with Crippen LogP contribution < -0.4 is 0 Å². The fourth-order valence-corrected chi connectivity index (χ4v) is 1.99. The minimum atomic E-state index is 1.09. The molecule has 1 unspecified atom stereocenters. The Balaban J connectivity index is 2.08. The average molecular weight is 96.2 g/mol. The van der Waals surface area contributed by atoms with E-state index < -0.39 is 0 Å². The van der Waals surface area contributed by atoms with Gasteiger partial charge in [-0.25, -0.2) is 0 Å². The first kappa shape index (κ1) is 3.94. The van der Waals surface area contributed by atoms with Crippen LogP contribution in [-0.4, -0.2) is 0 Å². The van der Waals surface area contributed by atoms with Crippen LogP contribution in [0.25, 0.3) is 0 Å². The molecule has 2 fully saturated rings. The predicted molar refractivity (Wildman–Crippen MR) is 30.0 cm³/mol. The summed E-state index contributed by atoms with van der Waals surface area (Å²) in [4.78, 5) is 0. The third-order valence-corrected chi connectivity index (χ3v) is 2.70. The van der Waals surface area contributed by atoms with E-state index in [2.05, 4.69) is 6.92 Å². The van der Waals surface area contributed by atoms with Crippen molar-refractivity contribution < 1.29 is 0 Å². The van der Waals surface area contributed by atoms with E-state index >= 15 is 0 Å². The maximum absolute atomic E-state index is 2.40. The minimum Gasteiger partial charge on any atom is -0.0622 e. The molecule has 2 saturated carbocycles. The SMILES string of the molecule is C[C@H]1CC[C@H]2CC21. The zero-order valence-corrected chi connectivity index (χ0v) is 4.85. The molecule has 0 amide bonds. The Kier molecular flexibility index (Phi) is 0.586. The molecule has 0 radical (unpaired) electrons. The van der Waals surface area contributed by atoms with Gasteiger partial charge in [0, 0.05) is 0 Å². The van der Waals surface area contributed by atoms with Crippen molar-refractivity contribution in [2.24, 2.45) is 17.8 Å². The molecule has 0 aliphatic heterocycles. The molecule has 0 nitrogen and oxygen atoms in total. The minimum absolute atomic E-state index is 1.09. The Morgan fingerprint density at radius 2 is 2.14 bits per heavy atom. The van der Waals surface area contributed by atoms with Crippen LogP contribution in [0.3, 0.4) is 0 Å². The number of hydrogen-bond acceptors (Lipinski definition) is 0. The van der Waals surface area contributed by atoms with Crippen molar-refractivity contribution in [3.63, 3.8) is 0 Å². The molecule has 0 bridgehead atoms. The lowest BCUT2D eigenvalue weighted by Gasteiger charge is -1.98. The molecule has 0 heteroatoms. The zero-order valence-electron chi connectivity index (χ0n) is 4.85. The highest BCUT2D eigenvalue weighted by molar-refractivity contribution is 4.95. The molecule has 0 N–H and O–H groups in total. The molecule has 0 saturated heterocycles. The summed E-state index contributed by atoms with van der Waals surface area (Å²) in [5.41, 5.74) is 0. The van der Waals surface area contributed by atoms with Crippen LogP contribution in [0.15, 0.2) is 0 Å². The highest BCUT2D eigenvalue weighted by atomic mass is 14.5. The Morgan fingerprint density at radius 1 is 1.29 bits per heavy atom. The summed E-state index contributed by atoms with van der Waals surface area (Å²) in [7, 11) is 0. The van der Waals surface area contributed by atoms with Crippen LogP contribution in [-0.2, 0) is 0 Å². The highest BCUT2D eigenvalue weighted by Gasteiger charge is 2.45. The highest BCUT2D eigenvalue weighted by Crippen LogP contribution is 2.54. The monoisotopic (exact) mass is 96.1 g/mol. The van der Waals surface area contributed by atoms with Gasteiger partial charge in [-0.1, -0.05) is 13.3 Å².